The number of hydrogen-bond acceptors (Lipinski definition) is 3. The van der Waals surface area contributed by atoms with Gasteiger partial charge in [0.2, 0.25) is 0 Å². The van der Waals surface area contributed by atoms with Gasteiger partial charge in [-0.2, -0.15) is 0 Å². The highest BCUT2D eigenvalue weighted by Crippen LogP contribution is 2.07. The number of aliphatic imine (C=N–C) groups is 1. The van der Waals surface area contributed by atoms with Crippen molar-refractivity contribution in [2.75, 3.05) is 7.05 Å². The van der Waals surface area contributed by atoms with Gasteiger partial charge in [0, 0.05) is 18.8 Å². The largest absolute Gasteiger partial charge is 0.403 e. The van der Waals surface area contributed by atoms with Crippen LogP contribution in [-0.4, -0.2) is 12.8 Å². The maximum Gasteiger partial charge on any atom is 0.0887 e. The van der Waals surface area contributed by atoms with Gasteiger partial charge in [0.25, 0.3) is 0 Å². The maximum atomic E-state index is 5.70. The molecule has 0 bridgehead atoms. The van der Waals surface area contributed by atoms with Crippen LogP contribution in [0, 0.1) is 6.92 Å². The molecule has 14 heavy (non-hydrogen) atoms. The summed E-state index contributed by atoms with van der Waals surface area (Å²) >= 11 is 0. The van der Waals surface area contributed by atoms with Crippen molar-refractivity contribution >= 4 is 5.71 Å². The van der Waals surface area contributed by atoms with Crippen LogP contribution in [0.4, 0.5) is 0 Å². The van der Waals surface area contributed by atoms with Crippen molar-refractivity contribution in [1.29, 1.82) is 0 Å². The van der Waals surface area contributed by atoms with E-state index in [-0.39, 0.29) is 0 Å². The molecule has 0 saturated heterocycles. The number of hydrogen-bond donors (Lipinski definition) is 2. The van der Waals surface area contributed by atoms with Crippen molar-refractivity contribution < 1.29 is 0 Å². The Morgan fingerprint density at radius 3 is 2.29 bits per heavy atom. The fraction of sp³-hybridized carbons (Fsp3) is 0.182. The summed E-state index contributed by atoms with van der Waals surface area (Å²) in [6.07, 6.45) is 1.36. The van der Waals surface area contributed by atoms with Crippen LogP contribution >= 0.6 is 0 Å². The minimum Gasteiger partial charge on any atom is -0.403 e. The maximum absolute atomic E-state index is 5.70. The summed E-state index contributed by atoms with van der Waals surface area (Å²) in [5.74, 6) is 0. The first-order valence-corrected chi connectivity index (χ1v) is 4.40. The van der Waals surface area contributed by atoms with E-state index in [4.69, 9.17) is 11.5 Å². The molecule has 1 aromatic rings. The van der Waals surface area contributed by atoms with Gasteiger partial charge in [0.1, 0.15) is 0 Å². The van der Waals surface area contributed by atoms with Crippen LogP contribution in [0.1, 0.15) is 11.1 Å². The lowest BCUT2D eigenvalue weighted by Crippen LogP contribution is -2.14. The number of rotatable bonds is 2. The smallest absolute Gasteiger partial charge is 0.0887 e. The van der Waals surface area contributed by atoms with Crippen molar-refractivity contribution in [3.05, 3.63) is 47.3 Å². The number of nitrogens with zero attached hydrogens (tertiary/aromatic N) is 1. The molecule has 74 valence electrons. The molecule has 0 fully saturated rings. The molecule has 1 aromatic carbocycles. The molecule has 0 radical (unpaired) electrons. The Morgan fingerprint density at radius 2 is 1.86 bits per heavy atom. The van der Waals surface area contributed by atoms with E-state index in [0.717, 1.165) is 11.3 Å². The Morgan fingerprint density at radius 1 is 1.29 bits per heavy atom. The molecule has 0 atom stereocenters. The van der Waals surface area contributed by atoms with Gasteiger partial charge in [-0.05, 0) is 6.92 Å². The molecule has 3 nitrogen and oxygen atoms in total. The Labute approximate surface area is 84.1 Å². The fourth-order valence-corrected chi connectivity index (χ4v) is 1.22. The lowest BCUT2D eigenvalue weighted by molar-refractivity contribution is 1.33. The summed E-state index contributed by atoms with van der Waals surface area (Å²) in [4.78, 5) is 4.10. The molecule has 0 aliphatic heterocycles. The quantitative estimate of drug-likeness (QED) is 0.686. The van der Waals surface area contributed by atoms with Crippen molar-refractivity contribution in [3.63, 3.8) is 0 Å². The van der Waals surface area contributed by atoms with Crippen molar-refractivity contribution in [1.82, 2.24) is 0 Å². The molecule has 4 N–H and O–H groups in total. The van der Waals surface area contributed by atoms with Crippen LogP contribution in [0.5, 0.6) is 0 Å². The molecular formula is C11H15N3. The molecule has 0 aliphatic rings. The molecule has 0 aliphatic carbocycles. The van der Waals surface area contributed by atoms with Crippen LogP contribution in [0.15, 0.2) is 41.2 Å². The van der Waals surface area contributed by atoms with Gasteiger partial charge in [-0.1, -0.05) is 29.8 Å². The highest BCUT2D eigenvalue weighted by molar-refractivity contribution is 6.11. The average Bonchev–Trinajstić information content (AvgIpc) is 2.21. The van der Waals surface area contributed by atoms with E-state index in [1.807, 2.05) is 31.2 Å². The van der Waals surface area contributed by atoms with Gasteiger partial charge in [-0.25, -0.2) is 0 Å². The van der Waals surface area contributed by atoms with Crippen molar-refractivity contribution in [2.45, 2.75) is 6.92 Å². The number of aryl methyl sites for hydroxylation is 1. The van der Waals surface area contributed by atoms with Crippen molar-refractivity contribution in [3.8, 4) is 0 Å². The Hall–Kier alpha value is -1.77. The van der Waals surface area contributed by atoms with Gasteiger partial charge < -0.3 is 11.5 Å². The molecule has 1 rings (SSSR count). The predicted octanol–water partition coefficient (Wildman–Crippen LogP) is 1.17. The second-order valence-electron chi connectivity index (χ2n) is 3.06. The van der Waals surface area contributed by atoms with Crippen LogP contribution in [0.3, 0.4) is 0 Å². The second kappa shape index (κ2) is 4.46. The third-order valence-corrected chi connectivity index (χ3v) is 2.00. The number of benzene rings is 1. The van der Waals surface area contributed by atoms with Gasteiger partial charge >= 0.3 is 0 Å². The van der Waals surface area contributed by atoms with Crippen LogP contribution in [0.2, 0.25) is 0 Å². The van der Waals surface area contributed by atoms with Crippen LogP contribution in [-0.2, 0) is 0 Å². The molecule has 0 aromatic heterocycles. The zero-order chi connectivity index (χ0) is 10.6. The van der Waals surface area contributed by atoms with Gasteiger partial charge in [0.05, 0.1) is 11.4 Å². The summed E-state index contributed by atoms with van der Waals surface area (Å²) < 4.78 is 0. The topological polar surface area (TPSA) is 64.4 Å². The van der Waals surface area contributed by atoms with E-state index < -0.39 is 0 Å². The lowest BCUT2D eigenvalue weighted by atomic mass is 10.1. The minimum atomic E-state index is 0.497. The molecule has 0 spiro atoms. The highest BCUT2D eigenvalue weighted by Gasteiger charge is 2.04. The first kappa shape index (κ1) is 10.3. The monoisotopic (exact) mass is 189 g/mol. The Kier molecular flexibility index (Phi) is 3.29. The summed E-state index contributed by atoms with van der Waals surface area (Å²) in [7, 11) is 1.70. The molecule has 3 heteroatoms. The van der Waals surface area contributed by atoms with Crippen LogP contribution in [0.25, 0.3) is 0 Å². The molecular weight excluding hydrogens is 174 g/mol. The van der Waals surface area contributed by atoms with Gasteiger partial charge in [0.15, 0.2) is 0 Å². The van der Waals surface area contributed by atoms with E-state index in [2.05, 4.69) is 4.99 Å². The lowest BCUT2D eigenvalue weighted by Gasteiger charge is -2.05. The first-order chi connectivity index (χ1) is 6.69. The number of allylic oxidation sites excluding steroid dienone is 1. The minimum absolute atomic E-state index is 0.497. The Balaban J connectivity index is 3.09. The first-order valence-electron chi connectivity index (χ1n) is 4.40. The highest BCUT2D eigenvalue weighted by atomic mass is 14.8. The van der Waals surface area contributed by atoms with E-state index >= 15 is 0 Å². The number of nitrogens with two attached hydrogens (primary N) is 2. The zero-order valence-electron chi connectivity index (χ0n) is 8.49. The molecule has 0 unspecified atom stereocenters. The van der Waals surface area contributed by atoms with Gasteiger partial charge in [-0.15, -0.1) is 0 Å². The third-order valence-electron chi connectivity index (χ3n) is 2.00. The predicted molar refractivity (Wildman–Crippen MR) is 60.1 cm³/mol. The van der Waals surface area contributed by atoms with Crippen molar-refractivity contribution in [2.24, 2.45) is 16.5 Å². The molecule has 0 heterocycles. The normalized spacial score (nSPS) is 13.0. The standard InChI is InChI=1S/C11H15N3/c1-8-3-5-9(6-4-8)11(14-2)10(13)7-12/h3-7H,12-13H2,1-2H3. The second-order valence-corrected chi connectivity index (χ2v) is 3.06. The summed E-state index contributed by atoms with van der Waals surface area (Å²) in [5, 5.41) is 0. The summed E-state index contributed by atoms with van der Waals surface area (Å²) in [6, 6.07) is 8.00. The fourth-order valence-electron chi connectivity index (χ4n) is 1.22. The zero-order valence-corrected chi connectivity index (χ0v) is 8.49. The third kappa shape index (κ3) is 2.13. The van der Waals surface area contributed by atoms with E-state index in [0.29, 0.717) is 5.70 Å². The Bertz CT molecular complexity index is 361. The summed E-state index contributed by atoms with van der Waals surface area (Å²) in [5.41, 5.74) is 14.5. The van der Waals surface area contributed by atoms with E-state index in [1.165, 1.54) is 11.8 Å². The SMILES string of the molecule is CN=C(C(N)=CN)c1ccc(C)cc1. The molecule has 0 saturated carbocycles. The summed E-state index contributed by atoms with van der Waals surface area (Å²) in [6.45, 7) is 2.04. The van der Waals surface area contributed by atoms with Gasteiger partial charge in [-0.3, -0.25) is 4.99 Å². The molecule has 0 amide bonds. The van der Waals surface area contributed by atoms with E-state index in [9.17, 15) is 0 Å². The average molecular weight is 189 g/mol. The van der Waals surface area contributed by atoms with E-state index in [1.54, 1.807) is 7.05 Å². The van der Waals surface area contributed by atoms with Crippen LogP contribution < -0.4 is 11.5 Å².